The van der Waals surface area contributed by atoms with Crippen LogP contribution in [0.3, 0.4) is 0 Å². The fraction of sp³-hybridized carbons (Fsp3) is 0.500. The van der Waals surface area contributed by atoms with Crippen molar-refractivity contribution in [2.75, 3.05) is 6.54 Å². The highest BCUT2D eigenvalue weighted by atomic mass is 16.1. The minimum absolute atomic E-state index is 0.0740. The standard InChI is InChI=1S/C14H21NO/c1-10-6-7-13(12(3)9-10)14(16)11(2)5-4-8-15/h6-7,9,11H,4-5,8,15H2,1-3H3. The number of Topliss-reactive ketones (excluding diaryl/α,β-unsaturated/α-hetero) is 1. The van der Waals surface area contributed by atoms with Gasteiger partial charge < -0.3 is 5.73 Å². The number of aryl methyl sites for hydroxylation is 2. The molecule has 0 aliphatic rings. The zero-order chi connectivity index (χ0) is 12.1. The van der Waals surface area contributed by atoms with Crippen LogP contribution in [0.1, 0.15) is 41.3 Å². The molecule has 0 amide bonds. The molecule has 2 heteroatoms. The Kier molecular flexibility index (Phi) is 4.69. The highest BCUT2D eigenvalue weighted by Crippen LogP contribution is 2.17. The van der Waals surface area contributed by atoms with Crippen molar-refractivity contribution < 1.29 is 4.79 Å². The Morgan fingerprint density at radius 3 is 2.62 bits per heavy atom. The van der Waals surface area contributed by atoms with Crippen LogP contribution in [-0.4, -0.2) is 12.3 Å². The Balaban J connectivity index is 2.79. The van der Waals surface area contributed by atoms with Gasteiger partial charge in [0.1, 0.15) is 0 Å². The van der Waals surface area contributed by atoms with Crippen LogP contribution in [0.5, 0.6) is 0 Å². The topological polar surface area (TPSA) is 43.1 Å². The molecule has 1 aromatic rings. The second-order valence-electron chi connectivity index (χ2n) is 4.51. The van der Waals surface area contributed by atoms with E-state index in [1.165, 1.54) is 5.56 Å². The Hall–Kier alpha value is -1.15. The van der Waals surface area contributed by atoms with Crippen molar-refractivity contribution in [2.24, 2.45) is 11.7 Å². The van der Waals surface area contributed by atoms with E-state index >= 15 is 0 Å². The molecule has 1 rings (SSSR count). The van der Waals surface area contributed by atoms with Crippen LogP contribution >= 0.6 is 0 Å². The van der Waals surface area contributed by atoms with Crippen molar-refractivity contribution in [2.45, 2.75) is 33.6 Å². The van der Waals surface area contributed by atoms with Crippen LogP contribution < -0.4 is 5.73 Å². The van der Waals surface area contributed by atoms with Gasteiger partial charge in [0.25, 0.3) is 0 Å². The summed E-state index contributed by atoms with van der Waals surface area (Å²) in [5.74, 6) is 0.316. The molecule has 0 radical (unpaired) electrons. The van der Waals surface area contributed by atoms with Crippen molar-refractivity contribution in [3.63, 3.8) is 0 Å². The van der Waals surface area contributed by atoms with Gasteiger partial charge in [-0.3, -0.25) is 4.79 Å². The third kappa shape index (κ3) is 3.17. The molecule has 0 aromatic heterocycles. The molecule has 16 heavy (non-hydrogen) atoms. The molecule has 1 atom stereocenters. The molecule has 2 nitrogen and oxygen atoms in total. The Bertz CT molecular complexity index is 371. The van der Waals surface area contributed by atoms with Crippen LogP contribution in [0, 0.1) is 19.8 Å². The SMILES string of the molecule is Cc1ccc(C(=O)C(C)CCCN)c(C)c1. The van der Waals surface area contributed by atoms with Crippen LogP contribution in [-0.2, 0) is 0 Å². The molecule has 0 spiro atoms. The number of nitrogens with two attached hydrogens (primary N) is 1. The molecule has 0 aliphatic heterocycles. The Morgan fingerprint density at radius 2 is 2.06 bits per heavy atom. The number of hydrogen-bond donors (Lipinski definition) is 1. The highest BCUT2D eigenvalue weighted by Gasteiger charge is 2.16. The van der Waals surface area contributed by atoms with Crippen molar-refractivity contribution in [1.29, 1.82) is 0 Å². The highest BCUT2D eigenvalue weighted by molar-refractivity contribution is 5.98. The van der Waals surface area contributed by atoms with Gasteiger partial charge in [0, 0.05) is 11.5 Å². The second kappa shape index (κ2) is 5.80. The van der Waals surface area contributed by atoms with Gasteiger partial charge in [0.15, 0.2) is 5.78 Å². The molecule has 0 bridgehead atoms. The third-order valence-electron chi connectivity index (χ3n) is 2.94. The summed E-state index contributed by atoms with van der Waals surface area (Å²) >= 11 is 0. The average Bonchev–Trinajstić information content (AvgIpc) is 2.25. The average molecular weight is 219 g/mol. The lowest BCUT2D eigenvalue weighted by atomic mass is 9.92. The summed E-state index contributed by atoms with van der Waals surface area (Å²) in [6.45, 7) is 6.68. The molecule has 0 aliphatic carbocycles. The molecule has 2 N–H and O–H groups in total. The van der Waals surface area contributed by atoms with E-state index in [4.69, 9.17) is 5.73 Å². The summed E-state index contributed by atoms with van der Waals surface area (Å²) in [5.41, 5.74) is 8.58. The maximum Gasteiger partial charge on any atom is 0.165 e. The summed E-state index contributed by atoms with van der Waals surface area (Å²) < 4.78 is 0. The number of hydrogen-bond acceptors (Lipinski definition) is 2. The van der Waals surface area contributed by atoms with Crippen LogP contribution in [0.15, 0.2) is 18.2 Å². The number of carbonyl (C=O) groups excluding carboxylic acids is 1. The second-order valence-corrected chi connectivity index (χ2v) is 4.51. The molecule has 0 fully saturated rings. The summed E-state index contributed by atoms with van der Waals surface area (Å²) in [5, 5.41) is 0. The Morgan fingerprint density at radius 1 is 1.38 bits per heavy atom. The summed E-state index contributed by atoms with van der Waals surface area (Å²) in [6.07, 6.45) is 1.79. The van der Waals surface area contributed by atoms with Crippen molar-refractivity contribution >= 4 is 5.78 Å². The van der Waals surface area contributed by atoms with E-state index in [2.05, 4.69) is 6.07 Å². The van der Waals surface area contributed by atoms with Gasteiger partial charge in [0.2, 0.25) is 0 Å². The van der Waals surface area contributed by atoms with Crippen LogP contribution in [0.25, 0.3) is 0 Å². The first-order chi connectivity index (χ1) is 7.56. The first kappa shape index (κ1) is 12.9. The van der Waals surface area contributed by atoms with Gasteiger partial charge in [-0.2, -0.15) is 0 Å². The largest absolute Gasteiger partial charge is 0.330 e. The smallest absolute Gasteiger partial charge is 0.165 e. The zero-order valence-corrected chi connectivity index (χ0v) is 10.4. The van der Waals surface area contributed by atoms with E-state index in [9.17, 15) is 4.79 Å². The lowest BCUT2D eigenvalue weighted by Crippen LogP contribution is -2.14. The molecule has 0 saturated carbocycles. The van der Waals surface area contributed by atoms with Gasteiger partial charge in [-0.15, -0.1) is 0 Å². The summed E-state index contributed by atoms with van der Waals surface area (Å²) in [6, 6.07) is 5.99. The minimum Gasteiger partial charge on any atom is -0.330 e. The van der Waals surface area contributed by atoms with E-state index in [-0.39, 0.29) is 11.7 Å². The van der Waals surface area contributed by atoms with Gasteiger partial charge in [-0.05, 0) is 38.8 Å². The summed E-state index contributed by atoms with van der Waals surface area (Å²) in [4.78, 5) is 12.1. The zero-order valence-electron chi connectivity index (χ0n) is 10.4. The molecule has 0 saturated heterocycles. The molecular formula is C14H21NO. The molecule has 88 valence electrons. The van der Waals surface area contributed by atoms with Crippen LogP contribution in [0.2, 0.25) is 0 Å². The normalized spacial score (nSPS) is 12.5. The van der Waals surface area contributed by atoms with Gasteiger partial charge in [-0.25, -0.2) is 0 Å². The summed E-state index contributed by atoms with van der Waals surface area (Å²) in [7, 11) is 0. The lowest BCUT2D eigenvalue weighted by Gasteiger charge is -2.12. The van der Waals surface area contributed by atoms with Crippen LogP contribution in [0.4, 0.5) is 0 Å². The van der Waals surface area contributed by atoms with E-state index in [1.807, 2.05) is 32.9 Å². The quantitative estimate of drug-likeness (QED) is 0.774. The predicted octanol–water partition coefficient (Wildman–Crippen LogP) is 2.86. The van der Waals surface area contributed by atoms with Gasteiger partial charge in [-0.1, -0.05) is 30.7 Å². The van der Waals surface area contributed by atoms with E-state index in [1.54, 1.807) is 0 Å². The van der Waals surface area contributed by atoms with E-state index < -0.39 is 0 Å². The van der Waals surface area contributed by atoms with Crippen molar-refractivity contribution in [1.82, 2.24) is 0 Å². The first-order valence-corrected chi connectivity index (χ1v) is 5.87. The third-order valence-corrected chi connectivity index (χ3v) is 2.94. The van der Waals surface area contributed by atoms with Crippen molar-refractivity contribution in [3.8, 4) is 0 Å². The van der Waals surface area contributed by atoms with E-state index in [0.29, 0.717) is 6.54 Å². The monoisotopic (exact) mass is 219 g/mol. The number of carbonyl (C=O) groups is 1. The predicted molar refractivity (Wildman–Crippen MR) is 67.7 cm³/mol. The fourth-order valence-corrected chi connectivity index (χ4v) is 1.91. The molecule has 1 unspecified atom stereocenters. The van der Waals surface area contributed by atoms with Gasteiger partial charge >= 0.3 is 0 Å². The molecule has 1 aromatic carbocycles. The number of rotatable bonds is 5. The molecule has 0 heterocycles. The lowest BCUT2D eigenvalue weighted by molar-refractivity contribution is 0.0922. The maximum atomic E-state index is 12.1. The Labute approximate surface area is 97.9 Å². The molecular weight excluding hydrogens is 198 g/mol. The minimum atomic E-state index is 0.0740. The van der Waals surface area contributed by atoms with Crippen molar-refractivity contribution in [3.05, 3.63) is 34.9 Å². The fourth-order valence-electron chi connectivity index (χ4n) is 1.91. The first-order valence-electron chi connectivity index (χ1n) is 5.87. The maximum absolute atomic E-state index is 12.1. The van der Waals surface area contributed by atoms with E-state index in [0.717, 1.165) is 24.0 Å². The van der Waals surface area contributed by atoms with Gasteiger partial charge in [0.05, 0.1) is 0 Å². The number of ketones is 1. The number of benzene rings is 1.